The molecule has 0 aromatic heterocycles. The standard InChI is InChI=1S/C23H25FN2O5S/c1-2-31-19-11-9-17(10-12-19)25-22(27)15-21(23(25)28)26(18-5-3-4-6-18)32(29,30)20-13-7-16(24)8-14-20/h7-14,18,21H,2-6,15H2,1H3. The van der Waals surface area contributed by atoms with Crippen LogP contribution in [0.1, 0.15) is 39.0 Å². The summed E-state index contributed by atoms with van der Waals surface area (Å²) in [5.41, 5.74) is 0.372. The normalized spacial score (nSPS) is 19.8. The van der Waals surface area contributed by atoms with E-state index in [1.54, 1.807) is 24.3 Å². The maximum absolute atomic E-state index is 13.5. The highest BCUT2D eigenvalue weighted by molar-refractivity contribution is 7.89. The van der Waals surface area contributed by atoms with E-state index in [0.717, 1.165) is 29.9 Å². The largest absolute Gasteiger partial charge is 0.494 e. The van der Waals surface area contributed by atoms with Gasteiger partial charge in [-0.05, 0) is 68.3 Å². The number of hydrogen-bond acceptors (Lipinski definition) is 5. The average molecular weight is 461 g/mol. The van der Waals surface area contributed by atoms with Crippen LogP contribution in [0.2, 0.25) is 0 Å². The Bertz CT molecular complexity index is 1100. The zero-order valence-electron chi connectivity index (χ0n) is 17.7. The average Bonchev–Trinajstić information content (AvgIpc) is 3.38. The number of benzene rings is 2. The summed E-state index contributed by atoms with van der Waals surface area (Å²) in [6.07, 6.45) is 2.68. The maximum atomic E-state index is 13.5. The molecule has 0 spiro atoms. The van der Waals surface area contributed by atoms with Crippen LogP contribution >= 0.6 is 0 Å². The highest BCUT2D eigenvalue weighted by atomic mass is 32.2. The highest BCUT2D eigenvalue weighted by Gasteiger charge is 2.49. The lowest BCUT2D eigenvalue weighted by molar-refractivity contribution is -0.122. The van der Waals surface area contributed by atoms with E-state index in [4.69, 9.17) is 4.74 Å². The molecule has 7 nitrogen and oxygen atoms in total. The smallest absolute Gasteiger partial charge is 0.252 e. The van der Waals surface area contributed by atoms with Gasteiger partial charge in [0.05, 0.1) is 23.6 Å². The lowest BCUT2D eigenvalue weighted by Gasteiger charge is -2.32. The molecule has 1 atom stereocenters. The Kier molecular flexibility index (Phi) is 6.30. The monoisotopic (exact) mass is 460 g/mol. The third-order valence-electron chi connectivity index (χ3n) is 5.91. The zero-order chi connectivity index (χ0) is 22.9. The molecule has 0 bridgehead atoms. The third-order valence-corrected chi connectivity index (χ3v) is 7.89. The van der Waals surface area contributed by atoms with Crippen LogP contribution in [-0.2, 0) is 19.6 Å². The molecule has 2 aromatic carbocycles. The van der Waals surface area contributed by atoms with Crippen molar-refractivity contribution in [3.05, 3.63) is 54.3 Å². The van der Waals surface area contributed by atoms with Crippen LogP contribution in [0.5, 0.6) is 5.75 Å². The maximum Gasteiger partial charge on any atom is 0.252 e. The molecule has 2 aliphatic rings. The predicted molar refractivity (Wildman–Crippen MR) is 116 cm³/mol. The molecule has 170 valence electrons. The van der Waals surface area contributed by atoms with Gasteiger partial charge < -0.3 is 4.74 Å². The topological polar surface area (TPSA) is 84.0 Å². The Morgan fingerprint density at radius 3 is 2.25 bits per heavy atom. The van der Waals surface area contributed by atoms with Crippen molar-refractivity contribution in [2.24, 2.45) is 0 Å². The van der Waals surface area contributed by atoms with E-state index >= 15 is 0 Å². The number of hydrogen-bond donors (Lipinski definition) is 0. The van der Waals surface area contributed by atoms with Crippen molar-refractivity contribution in [2.45, 2.75) is 56.0 Å². The van der Waals surface area contributed by atoms with E-state index in [2.05, 4.69) is 0 Å². The fraction of sp³-hybridized carbons (Fsp3) is 0.391. The number of ether oxygens (including phenoxy) is 1. The van der Waals surface area contributed by atoms with Crippen molar-refractivity contribution in [3.63, 3.8) is 0 Å². The SMILES string of the molecule is CCOc1ccc(N2C(=O)CC(N(C3CCCC3)S(=O)(=O)c3ccc(F)cc3)C2=O)cc1. The molecule has 32 heavy (non-hydrogen) atoms. The molecule has 1 aliphatic heterocycles. The summed E-state index contributed by atoms with van der Waals surface area (Å²) in [6, 6.07) is 9.57. The molecule has 0 N–H and O–H groups in total. The summed E-state index contributed by atoms with van der Waals surface area (Å²) in [4.78, 5) is 27.2. The molecule has 1 saturated carbocycles. The lowest BCUT2D eigenvalue weighted by atomic mass is 10.2. The molecule has 2 fully saturated rings. The van der Waals surface area contributed by atoms with E-state index in [9.17, 15) is 22.4 Å². The van der Waals surface area contributed by atoms with Crippen molar-refractivity contribution in [1.29, 1.82) is 0 Å². The number of imide groups is 1. The van der Waals surface area contributed by atoms with Crippen LogP contribution in [0.3, 0.4) is 0 Å². The van der Waals surface area contributed by atoms with Gasteiger partial charge in [0.15, 0.2) is 0 Å². The number of anilines is 1. The number of halogens is 1. The molecule has 2 amide bonds. The van der Waals surface area contributed by atoms with Gasteiger partial charge in [-0.1, -0.05) is 12.8 Å². The summed E-state index contributed by atoms with van der Waals surface area (Å²) in [6.45, 7) is 2.34. The first-order valence-electron chi connectivity index (χ1n) is 10.7. The van der Waals surface area contributed by atoms with Gasteiger partial charge in [0.1, 0.15) is 17.6 Å². The van der Waals surface area contributed by atoms with Gasteiger partial charge in [0.25, 0.3) is 5.91 Å². The summed E-state index contributed by atoms with van der Waals surface area (Å²) in [5.74, 6) is -0.971. The number of nitrogens with zero attached hydrogens (tertiary/aromatic N) is 2. The third kappa shape index (κ3) is 4.14. The van der Waals surface area contributed by atoms with E-state index in [0.29, 0.717) is 30.9 Å². The number of carbonyl (C=O) groups excluding carboxylic acids is 2. The molecule has 1 aliphatic carbocycles. The number of amides is 2. The van der Waals surface area contributed by atoms with Gasteiger partial charge in [0, 0.05) is 6.04 Å². The summed E-state index contributed by atoms with van der Waals surface area (Å²) in [5, 5.41) is 0. The second-order valence-corrected chi connectivity index (χ2v) is 9.78. The van der Waals surface area contributed by atoms with Crippen LogP contribution < -0.4 is 9.64 Å². The first-order valence-corrected chi connectivity index (χ1v) is 12.2. The highest BCUT2D eigenvalue weighted by Crippen LogP contribution is 2.36. The van der Waals surface area contributed by atoms with Crippen molar-refractivity contribution in [3.8, 4) is 5.75 Å². The zero-order valence-corrected chi connectivity index (χ0v) is 18.6. The summed E-state index contributed by atoms with van der Waals surface area (Å²) in [7, 11) is -4.11. The summed E-state index contributed by atoms with van der Waals surface area (Å²) < 4.78 is 47.1. The van der Waals surface area contributed by atoms with Crippen LogP contribution in [-0.4, -0.2) is 43.2 Å². The van der Waals surface area contributed by atoms with E-state index < -0.39 is 33.7 Å². The van der Waals surface area contributed by atoms with Crippen molar-refractivity contribution in [1.82, 2.24) is 4.31 Å². The fourth-order valence-corrected chi connectivity index (χ4v) is 6.28. The Morgan fingerprint density at radius 2 is 1.66 bits per heavy atom. The molecule has 1 heterocycles. The minimum Gasteiger partial charge on any atom is -0.494 e. The first kappa shape index (κ1) is 22.4. The van der Waals surface area contributed by atoms with Gasteiger partial charge in [-0.3, -0.25) is 9.59 Å². The first-order chi connectivity index (χ1) is 15.3. The Morgan fingerprint density at radius 1 is 1.03 bits per heavy atom. The van der Waals surface area contributed by atoms with E-state index in [1.807, 2.05) is 6.92 Å². The van der Waals surface area contributed by atoms with E-state index in [-0.39, 0.29) is 17.4 Å². The second kappa shape index (κ2) is 8.99. The molecule has 9 heteroatoms. The van der Waals surface area contributed by atoms with Gasteiger partial charge in [-0.15, -0.1) is 0 Å². The molecule has 1 unspecified atom stereocenters. The molecule has 1 saturated heterocycles. The van der Waals surface area contributed by atoms with Gasteiger partial charge in [-0.2, -0.15) is 4.31 Å². The number of sulfonamides is 1. The minimum atomic E-state index is -4.11. The Hall–Kier alpha value is -2.78. The van der Waals surface area contributed by atoms with Crippen molar-refractivity contribution < 1.29 is 27.1 Å². The molecule has 4 rings (SSSR count). The van der Waals surface area contributed by atoms with Crippen LogP contribution in [0.25, 0.3) is 0 Å². The molecular formula is C23H25FN2O5S. The fourth-order valence-electron chi connectivity index (χ4n) is 4.45. The van der Waals surface area contributed by atoms with Crippen LogP contribution in [0.15, 0.2) is 53.4 Å². The second-order valence-electron chi connectivity index (χ2n) is 7.94. The van der Waals surface area contributed by atoms with Gasteiger partial charge >= 0.3 is 0 Å². The molecular weight excluding hydrogens is 435 g/mol. The quantitative estimate of drug-likeness (QED) is 0.591. The van der Waals surface area contributed by atoms with Crippen molar-refractivity contribution in [2.75, 3.05) is 11.5 Å². The van der Waals surface area contributed by atoms with Crippen LogP contribution in [0, 0.1) is 5.82 Å². The summed E-state index contributed by atoms with van der Waals surface area (Å²) >= 11 is 0. The lowest BCUT2D eigenvalue weighted by Crippen LogP contribution is -2.49. The minimum absolute atomic E-state index is 0.0921. The Balaban J connectivity index is 1.68. The van der Waals surface area contributed by atoms with Gasteiger partial charge in [0.2, 0.25) is 15.9 Å². The number of rotatable bonds is 7. The van der Waals surface area contributed by atoms with Crippen LogP contribution in [0.4, 0.5) is 10.1 Å². The number of carbonyl (C=O) groups is 2. The van der Waals surface area contributed by atoms with E-state index in [1.165, 1.54) is 16.4 Å². The molecule has 2 aromatic rings. The predicted octanol–water partition coefficient (Wildman–Crippen LogP) is 3.49. The van der Waals surface area contributed by atoms with Gasteiger partial charge in [-0.25, -0.2) is 17.7 Å². The Labute approximate surface area is 186 Å². The molecule has 0 radical (unpaired) electrons. The van der Waals surface area contributed by atoms with Crippen molar-refractivity contribution >= 4 is 27.5 Å².